The SMILES string of the molecule is C=CCC(=O)NC(C)C(CO)SC. The molecule has 0 saturated heterocycles. The van der Waals surface area contributed by atoms with Crippen molar-refractivity contribution >= 4 is 17.7 Å². The Hall–Kier alpha value is -0.480. The average molecular weight is 203 g/mol. The van der Waals surface area contributed by atoms with Crippen LogP contribution < -0.4 is 5.32 Å². The van der Waals surface area contributed by atoms with E-state index in [1.165, 1.54) is 0 Å². The van der Waals surface area contributed by atoms with Crippen LogP contribution in [0.3, 0.4) is 0 Å². The van der Waals surface area contributed by atoms with Gasteiger partial charge in [0.25, 0.3) is 0 Å². The van der Waals surface area contributed by atoms with Gasteiger partial charge in [-0.2, -0.15) is 11.8 Å². The van der Waals surface area contributed by atoms with E-state index in [0.717, 1.165) is 0 Å². The summed E-state index contributed by atoms with van der Waals surface area (Å²) in [5.74, 6) is -0.0463. The zero-order chi connectivity index (χ0) is 10.3. The molecule has 2 N–H and O–H groups in total. The highest BCUT2D eigenvalue weighted by molar-refractivity contribution is 7.99. The lowest BCUT2D eigenvalue weighted by Crippen LogP contribution is -2.40. The number of hydrogen-bond donors (Lipinski definition) is 2. The molecule has 3 nitrogen and oxygen atoms in total. The smallest absolute Gasteiger partial charge is 0.224 e. The topological polar surface area (TPSA) is 49.3 Å². The van der Waals surface area contributed by atoms with E-state index in [0.29, 0.717) is 6.42 Å². The number of aliphatic hydroxyl groups excluding tert-OH is 1. The molecular weight excluding hydrogens is 186 g/mol. The van der Waals surface area contributed by atoms with Crippen LogP contribution >= 0.6 is 11.8 Å². The fourth-order valence-electron chi connectivity index (χ4n) is 0.974. The van der Waals surface area contributed by atoms with Crippen LogP contribution in [0.4, 0.5) is 0 Å². The van der Waals surface area contributed by atoms with Crippen LogP contribution in [0.2, 0.25) is 0 Å². The van der Waals surface area contributed by atoms with Gasteiger partial charge in [0.15, 0.2) is 0 Å². The van der Waals surface area contributed by atoms with E-state index in [9.17, 15) is 4.79 Å². The Morgan fingerprint density at radius 1 is 1.77 bits per heavy atom. The Labute approximate surface area is 83.6 Å². The maximum absolute atomic E-state index is 11.1. The van der Waals surface area contributed by atoms with Crippen molar-refractivity contribution in [2.45, 2.75) is 24.6 Å². The normalized spacial score (nSPS) is 14.7. The van der Waals surface area contributed by atoms with Gasteiger partial charge in [-0.25, -0.2) is 0 Å². The molecule has 0 fully saturated rings. The van der Waals surface area contributed by atoms with Crippen molar-refractivity contribution < 1.29 is 9.90 Å². The predicted molar refractivity (Wildman–Crippen MR) is 56.8 cm³/mol. The summed E-state index contributed by atoms with van der Waals surface area (Å²) in [6, 6.07) is -0.00699. The van der Waals surface area contributed by atoms with Crippen molar-refractivity contribution in [3.8, 4) is 0 Å². The molecule has 0 bridgehead atoms. The summed E-state index contributed by atoms with van der Waals surface area (Å²) in [6.07, 6.45) is 3.81. The van der Waals surface area contributed by atoms with Gasteiger partial charge in [0.05, 0.1) is 6.61 Å². The number of nitrogens with one attached hydrogen (secondary N) is 1. The molecule has 2 atom stereocenters. The maximum atomic E-state index is 11.1. The fourth-order valence-corrected chi connectivity index (χ4v) is 1.60. The van der Waals surface area contributed by atoms with Crippen molar-refractivity contribution in [2.75, 3.05) is 12.9 Å². The summed E-state index contributed by atoms with van der Waals surface area (Å²) >= 11 is 1.55. The highest BCUT2D eigenvalue weighted by atomic mass is 32.2. The minimum absolute atomic E-state index is 0.00699. The zero-order valence-corrected chi connectivity index (χ0v) is 8.93. The standard InChI is InChI=1S/C9H17NO2S/c1-4-5-9(12)10-7(2)8(6-11)13-3/h4,7-8,11H,1,5-6H2,2-3H3,(H,10,12). The Kier molecular flexibility index (Phi) is 6.72. The van der Waals surface area contributed by atoms with E-state index in [1.54, 1.807) is 17.8 Å². The molecule has 0 aromatic carbocycles. The molecule has 0 aliphatic rings. The number of carbonyl (C=O) groups is 1. The van der Waals surface area contributed by atoms with Crippen LogP contribution in [0.15, 0.2) is 12.7 Å². The third kappa shape index (κ3) is 4.95. The molecule has 0 radical (unpaired) electrons. The number of aliphatic hydroxyl groups is 1. The summed E-state index contributed by atoms with van der Waals surface area (Å²) in [6.45, 7) is 5.45. The van der Waals surface area contributed by atoms with Gasteiger partial charge in [-0.1, -0.05) is 6.08 Å². The molecule has 76 valence electrons. The Balaban J connectivity index is 3.89. The highest BCUT2D eigenvalue weighted by Crippen LogP contribution is 2.10. The number of thioether (sulfide) groups is 1. The van der Waals surface area contributed by atoms with E-state index in [4.69, 9.17) is 5.11 Å². The molecule has 0 heterocycles. The second kappa shape index (κ2) is 6.97. The lowest BCUT2D eigenvalue weighted by molar-refractivity contribution is -0.120. The van der Waals surface area contributed by atoms with Gasteiger partial charge < -0.3 is 10.4 Å². The third-order valence-corrected chi connectivity index (χ3v) is 2.92. The highest BCUT2D eigenvalue weighted by Gasteiger charge is 2.16. The predicted octanol–water partition coefficient (Wildman–Crippen LogP) is 0.791. The van der Waals surface area contributed by atoms with E-state index in [2.05, 4.69) is 11.9 Å². The van der Waals surface area contributed by atoms with Gasteiger partial charge in [0.1, 0.15) is 0 Å². The molecule has 0 aromatic rings. The number of rotatable bonds is 6. The van der Waals surface area contributed by atoms with E-state index < -0.39 is 0 Å². The molecule has 4 heteroatoms. The Bertz CT molecular complexity index is 169. The zero-order valence-electron chi connectivity index (χ0n) is 8.12. The largest absolute Gasteiger partial charge is 0.395 e. The van der Waals surface area contributed by atoms with Crippen LogP contribution in [-0.4, -0.2) is 35.2 Å². The summed E-state index contributed by atoms with van der Waals surface area (Å²) in [4.78, 5) is 11.1. The lowest BCUT2D eigenvalue weighted by atomic mass is 10.2. The molecule has 13 heavy (non-hydrogen) atoms. The number of amides is 1. The molecule has 0 aromatic heterocycles. The van der Waals surface area contributed by atoms with Crippen molar-refractivity contribution in [1.29, 1.82) is 0 Å². The molecule has 0 rings (SSSR count). The van der Waals surface area contributed by atoms with E-state index >= 15 is 0 Å². The van der Waals surface area contributed by atoms with Crippen LogP contribution in [0, 0.1) is 0 Å². The quantitative estimate of drug-likeness (QED) is 0.628. The minimum atomic E-state index is -0.0463. The molecule has 2 unspecified atom stereocenters. The van der Waals surface area contributed by atoms with Gasteiger partial charge in [-0.15, -0.1) is 6.58 Å². The van der Waals surface area contributed by atoms with E-state index in [-0.39, 0.29) is 23.8 Å². The van der Waals surface area contributed by atoms with E-state index in [1.807, 2.05) is 13.2 Å². The van der Waals surface area contributed by atoms with Crippen molar-refractivity contribution in [3.05, 3.63) is 12.7 Å². The molecule has 0 aliphatic heterocycles. The fraction of sp³-hybridized carbons (Fsp3) is 0.667. The van der Waals surface area contributed by atoms with Gasteiger partial charge in [0, 0.05) is 17.7 Å². The van der Waals surface area contributed by atoms with Crippen LogP contribution in [0.1, 0.15) is 13.3 Å². The summed E-state index contributed by atoms with van der Waals surface area (Å²) in [7, 11) is 0. The second-order valence-corrected chi connectivity index (χ2v) is 3.88. The molecule has 0 spiro atoms. The van der Waals surface area contributed by atoms with Crippen LogP contribution in [-0.2, 0) is 4.79 Å². The van der Waals surface area contributed by atoms with Gasteiger partial charge in [0.2, 0.25) is 5.91 Å². The summed E-state index contributed by atoms with van der Waals surface area (Å²) in [5.41, 5.74) is 0. The lowest BCUT2D eigenvalue weighted by Gasteiger charge is -2.20. The first-order valence-corrected chi connectivity index (χ1v) is 5.48. The monoisotopic (exact) mass is 203 g/mol. The molecular formula is C9H17NO2S. The average Bonchev–Trinajstić information content (AvgIpc) is 2.06. The first-order valence-electron chi connectivity index (χ1n) is 4.19. The minimum Gasteiger partial charge on any atom is -0.395 e. The maximum Gasteiger partial charge on any atom is 0.224 e. The van der Waals surface area contributed by atoms with Gasteiger partial charge in [-0.05, 0) is 13.2 Å². The van der Waals surface area contributed by atoms with Crippen molar-refractivity contribution in [3.63, 3.8) is 0 Å². The molecule has 1 amide bonds. The van der Waals surface area contributed by atoms with Crippen LogP contribution in [0.25, 0.3) is 0 Å². The molecule has 0 aliphatic carbocycles. The van der Waals surface area contributed by atoms with Crippen LogP contribution in [0.5, 0.6) is 0 Å². The number of carbonyl (C=O) groups excluding carboxylic acids is 1. The van der Waals surface area contributed by atoms with Gasteiger partial charge >= 0.3 is 0 Å². The van der Waals surface area contributed by atoms with Crippen molar-refractivity contribution in [1.82, 2.24) is 5.32 Å². The Morgan fingerprint density at radius 2 is 2.38 bits per heavy atom. The number of hydrogen-bond acceptors (Lipinski definition) is 3. The first kappa shape index (κ1) is 12.5. The van der Waals surface area contributed by atoms with Crippen molar-refractivity contribution in [2.24, 2.45) is 0 Å². The summed E-state index contributed by atoms with van der Waals surface area (Å²) < 4.78 is 0. The Morgan fingerprint density at radius 3 is 2.77 bits per heavy atom. The molecule has 0 saturated carbocycles. The third-order valence-electron chi connectivity index (χ3n) is 1.76. The van der Waals surface area contributed by atoms with Gasteiger partial charge in [-0.3, -0.25) is 4.79 Å². The second-order valence-electron chi connectivity index (χ2n) is 2.81. The first-order chi connectivity index (χ1) is 6.15. The summed E-state index contributed by atoms with van der Waals surface area (Å²) in [5, 5.41) is 11.8.